The van der Waals surface area contributed by atoms with E-state index in [1.54, 1.807) is 4.90 Å². The molecule has 2 atom stereocenters. The van der Waals surface area contributed by atoms with Crippen molar-refractivity contribution in [2.75, 3.05) is 13.1 Å². The molecular formula is C22H28N4O3. The highest BCUT2D eigenvalue weighted by atomic mass is 16.2. The van der Waals surface area contributed by atoms with Crippen LogP contribution in [0.5, 0.6) is 0 Å². The number of carbonyl (C=O) groups is 3. The number of nitrogens with two attached hydrogens (primary N) is 1. The predicted octanol–water partition coefficient (Wildman–Crippen LogP) is 1.15. The van der Waals surface area contributed by atoms with E-state index in [1.807, 2.05) is 12.1 Å². The van der Waals surface area contributed by atoms with Crippen LogP contribution in [0.4, 0.5) is 0 Å². The van der Waals surface area contributed by atoms with E-state index in [2.05, 4.69) is 16.3 Å². The van der Waals surface area contributed by atoms with E-state index in [9.17, 15) is 14.4 Å². The van der Waals surface area contributed by atoms with Crippen molar-refractivity contribution in [1.29, 1.82) is 0 Å². The zero-order valence-corrected chi connectivity index (χ0v) is 16.7. The van der Waals surface area contributed by atoms with Crippen LogP contribution in [0.3, 0.4) is 0 Å². The molecule has 1 aliphatic carbocycles. The van der Waals surface area contributed by atoms with Crippen LogP contribution in [-0.2, 0) is 22.7 Å². The highest BCUT2D eigenvalue weighted by molar-refractivity contribution is 6.05. The molecule has 2 saturated heterocycles. The molecule has 7 nitrogen and oxygen atoms in total. The average Bonchev–Trinajstić information content (AvgIpc) is 2.96. The first-order valence-corrected chi connectivity index (χ1v) is 10.7. The van der Waals surface area contributed by atoms with Gasteiger partial charge in [-0.3, -0.25) is 24.6 Å². The van der Waals surface area contributed by atoms with Gasteiger partial charge in [0.2, 0.25) is 11.8 Å². The molecule has 154 valence electrons. The van der Waals surface area contributed by atoms with E-state index < -0.39 is 6.04 Å². The van der Waals surface area contributed by atoms with Gasteiger partial charge in [-0.25, -0.2) is 0 Å². The molecular weight excluding hydrogens is 368 g/mol. The molecule has 5 rings (SSSR count). The Bertz CT molecular complexity index is 879. The van der Waals surface area contributed by atoms with Gasteiger partial charge in [-0.2, -0.15) is 0 Å². The Hall–Kier alpha value is -2.25. The van der Waals surface area contributed by atoms with E-state index in [4.69, 9.17) is 5.73 Å². The van der Waals surface area contributed by atoms with Crippen molar-refractivity contribution < 1.29 is 14.4 Å². The van der Waals surface area contributed by atoms with E-state index >= 15 is 0 Å². The molecule has 0 aromatic heterocycles. The largest absolute Gasteiger partial charge is 0.327 e. The number of fused-ring (bicyclic) bond motifs is 1. The summed E-state index contributed by atoms with van der Waals surface area (Å²) >= 11 is 0. The summed E-state index contributed by atoms with van der Waals surface area (Å²) in [5.74, 6) is -0.744. The Morgan fingerprint density at radius 3 is 2.76 bits per heavy atom. The first kappa shape index (κ1) is 18.8. The lowest BCUT2D eigenvalue weighted by Gasteiger charge is -2.51. The highest BCUT2D eigenvalue weighted by Crippen LogP contribution is 2.47. The average molecular weight is 396 g/mol. The molecule has 2 unspecified atom stereocenters. The number of likely N-dealkylation sites (tertiary alicyclic amines) is 1. The first-order valence-electron chi connectivity index (χ1n) is 10.7. The summed E-state index contributed by atoms with van der Waals surface area (Å²) in [6.45, 7) is 3.30. The smallest absolute Gasteiger partial charge is 0.255 e. The topological polar surface area (TPSA) is 95.7 Å². The molecule has 3 N–H and O–H groups in total. The number of carbonyl (C=O) groups excluding carboxylic acids is 3. The Balaban J connectivity index is 1.30. The molecule has 1 aromatic carbocycles. The lowest BCUT2D eigenvalue weighted by atomic mass is 9.63. The maximum Gasteiger partial charge on any atom is 0.255 e. The molecule has 3 amide bonds. The van der Waals surface area contributed by atoms with Crippen LogP contribution in [0.25, 0.3) is 0 Å². The zero-order valence-electron chi connectivity index (χ0n) is 16.7. The van der Waals surface area contributed by atoms with Crippen LogP contribution in [0.1, 0.15) is 60.0 Å². The number of nitrogens with zero attached hydrogens (tertiary/aromatic N) is 2. The van der Waals surface area contributed by atoms with Crippen LogP contribution in [0, 0.1) is 5.41 Å². The minimum atomic E-state index is -0.561. The van der Waals surface area contributed by atoms with Crippen LogP contribution < -0.4 is 11.1 Å². The van der Waals surface area contributed by atoms with Gasteiger partial charge in [0.1, 0.15) is 6.04 Å². The molecule has 3 fully saturated rings. The van der Waals surface area contributed by atoms with Gasteiger partial charge in [0.25, 0.3) is 5.91 Å². The van der Waals surface area contributed by atoms with Crippen LogP contribution in [-0.4, -0.2) is 52.7 Å². The number of imide groups is 1. The molecule has 1 aromatic rings. The molecule has 3 heterocycles. The van der Waals surface area contributed by atoms with E-state index in [0.717, 1.165) is 31.6 Å². The number of amides is 3. The fourth-order valence-corrected chi connectivity index (χ4v) is 5.70. The monoisotopic (exact) mass is 396 g/mol. The number of rotatable bonds is 3. The number of nitrogens with one attached hydrogen (secondary N) is 1. The van der Waals surface area contributed by atoms with E-state index in [-0.39, 0.29) is 30.2 Å². The summed E-state index contributed by atoms with van der Waals surface area (Å²) in [6, 6.07) is 5.70. The maximum absolute atomic E-state index is 12.8. The second-order valence-electron chi connectivity index (χ2n) is 9.38. The van der Waals surface area contributed by atoms with Crippen LogP contribution in [0.2, 0.25) is 0 Å². The number of benzene rings is 1. The van der Waals surface area contributed by atoms with Gasteiger partial charge >= 0.3 is 0 Å². The van der Waals surface area contributed by atoms with Crippen LogP contribution in [0.15, 0.2) is 18.2 Å². The van der Waals surface area contributed by atoms with Gasteiger partial charge in [0, 0.05) is 44.2 Å². The standard InChI is InChI=1S/C22H28N4O3/c23-16-9-22(6-1-7-22)13-25(12-16)10-14-2-3-17-15(8-14)11-26(21(17)29)18-4-5-19(27)24-20(18)28/h2-3,8,16,18H,1,4-7,9-13,23H2,(H,24,27,28). The fraction of sp³-hybridized carbons (Fsp3) is 0.591. The van der Waals surface area contributed by atoms with Gasteiger partial charge in [-0.1, -0.05) is 18.6 Å². The third kappa shape index (κ3) is 3.36. The van der Waals surface area contributed by atoms with E-state index in [1.165, 1.54) is 24.8 Å². The Labute approximate surface area is 170 Å². The fourth-order valence-electron chi connectivity index (χ4n) is 5.70. The zero-order chi connectivity index (χ0) is 20.2. The van der Waals surface area contributed by atoms with Crippen molar-refractivity contribution in [2.45, 2.75) is 63.7 Å². The second kappa shape index (κ2) is 6.92. The number of piperidine rings is 2. The summed E-state index contributed by atoms with van der Waals surface area (Å²) in [4.78, 5) is 40.5. The lowest BCUT2D eigenvalue weighted by Crippen LogP contribution is -2.54. The number of hydrogen-bond acceptors (Lipinski definition) is 5. The summed E-state index contributed by atoms with van der Waals surface area (Å²) in [6.07, 6.45) is 5.71. The van der Waals surface area contributed by atoms with Gasteiger partial charge < -0.3 is 10.6 Å². The minimum absolute atomic E-state index is 0.116. The third-order valence-corrected chi connectivity index (χ3v) is 7.16. The summed E-state index contributed by atoms with van der Waals surface area (Å²) in [5.41, 5.74) is 9.59. The van der Waals surface area contributed by atoms with Gasteiger partial charge in [0.15, 0.2) is 0 Å². The highest BCUT2D eigenvalue weighted by Gasteiger charge is 2.43. The molecule has 1 spiro atoms. The normalized spacial score (nSPS) is 29.0. The van der Waals surface area contributed by atoms with Crippen molar-refractivity contribution in [3.63, 3.8) is 0 Å². The second-order valence-corrected chi connectivity index (χ2v) is 9.38. The lowest BCUT2D eigenvalue weighted by molar-refractivity contribution is -0.136. The molecule has 4 aliphatic rings. The number of hydrogen-bond donors (Lipinski definition) is 2. The summed E-state index contributed by atoms with van der Waals surface area (Å²) < 4.78 is 0. The third-order valence-electron chi connectivity index (χ3n) is 7.16. The van der Waals surface area contributed by atoms with Crippen molar-refractivity contribution in [1.82, 2.24) is 15.1 Å². The quantitative estimate of drug-likeness (QED) is 0.748. The van der Waals surface area contributed by atoms with Gasteiger partial charge in [0.05, 0.1) is 0 Å². The van der Waals surface area contributed by atoms with Gasteiger partial charge in [-0.15, -0.1) is 0 Å². The van der Waals surface area contributed by atoms with Crippen molar-refractivity contribution >= 4 is 17.7 Å². The molecule has 29 heavy (non-hydrogen) atoms. The minimum Gasteiger partial charge on any atom is -0.327 e. The van der Waals surface area contributed by atoms with Crippen molar-refractivity contribution in [2.24, 2.45) is 11.1 Å². The van der Waals surface area contributed by atoms with Gasteiger partial charge in [-0.05, 0) is 48.3 Å². The summed E-state index contributed by atoms with van der Waals surface area (Å²) in [5, 5.41) is 2.35. The molecule has 7 heteroatoms. The maximum atomic E-state index is 12.8. The SMILES string of the molecule is NC1CN(Cc2ccc3c(c2)CN(C2CCC(=O)NC2=O)C3=O)CC2(CCC2)C1. The molecule has 0 bridgehead atoms. The Kier molecular flexibility index (Phi) is 4.47. The summed E-state index contributed by atoms with van der Waals surface area (Å²) in [7, 11) is 0. The first-order chi connectivity index (χ1) is 13.9. The molecule has 0 radical (unpaired) electrons. The molecule has 1 saturated carbocycles. The van der Waals surface area contributed by atoms with Crippen molar-refractivity contribution in [3.8, 4) is 0 Å². The van der Waals surface area contributed by atoms with Crippen molar-refractivity contribution in [3.05, 3.63) is 34.9 Å². The Morgan fingerprint density at radius 1 is 1.21 bits per heavy atom. The van der Waals surface area contributed by atoms with Crippen LogP contribution >= 0.6 is 0 Å². The van der Waals surface area contributed by atoms with E-state index in [0.29, 0.717) is 23.9 Å². The molecule has 3 aliphatic heterocycles. The Morgan fingerprint density at radius 2 is 2.03 bits per heavy atom. The predicted molar refractivity (Wildman–Crippen MR) is 107 cm³/mol.